The molecule has 0 radical (unpaired) electrons. The zero-order valence-corrected chi connectivity index (χ0v) is 16.8. The molecule has 4 rings (SSSR count). The minimum atomic E-state index is -0.276. The first-order valence-corrected chi connectivity index (χ1v) is 9.60. The van der Waals surface area contributed by atoms with E-state index in [-0.39, 0.29) is 28.7 Å². The summed E-state index contributed by atoms with van der Waals surface area (Å²) in [6.07, 6.45) is 0.328. The number of nitrogen functional groups attached to an aromatic ring is 2. The number of rotatable bonds is 5. The third-order valence-corrected chi connectivity index (χ3v) is 4.79. The molecule has 0 saturated carbocycles. The van der Waals surface area contributed by atoms with Gasteiger partial charge in [0.05, 0.1) is 28.2 Å². The second-order valence-corrected chi connectivity index (χ2v) is 6.83. The number of nitrogens with zero attached hydrogens (tertiary/aromatic N) is 6. The molecule has 32 heavy (non-hydrogen) atoms. The Morgan fingerprint density at radius 3 is 2.50 bits per heavy atom. The highest BCUT2D eigenvalue weighted by molar-refractivity contribution is 5.79. The van der Waals surface area contributed by atoms with Crippen molar-refractivity contribution in [2.24, 2.45) is 0 Å². The second kappa shape index (κ2) is 8.42. The summed E-state index contributed by atoms with van der Waals surface area (Å²) in [6, 6.07) is 17.9. The third kappa shape index (κ3) is 3.76. The Morgan fingerprint density at radius 2 is 1.78 bits per heavy atom. The first-order chi connectivity index (χ1) is 15.5. The van der Waals surface area contributed by atoms with Gasteiger partial charge in [0.2, 0.25) is 5.95 Å². The number of hydrogen-bond acceptors (Lipinski definition) is 9. The van der Waals surface area contributed by atoms with Gasteiger partial charge in [-0.25, -0.2) is 4.98 Å². The van der Waals surface area contributed by atoms with Crippen LogP contribution in [-0.2, 0) is 6.42 Å². The number of nitriles is 2. The van der Waals surface area contributed by atoms with Crippen LogP contribution in [0.25, 0.3) is 16.6 Å². The Balaban J connectivity index is 1.75. The summed E-state index contributed by atoms with van der Waals surface area (Å²) in [7, 11) is 0. The zero-order valence-electron chi connectivity index (χ0n) is 16.8. The number of fused-ring (bicyclic) bond motifs is 1. The molecular formula is C22H17N9O. The first kappa shape index (κ1) is 20.3. The van der Waals surface area contributed by atoms with Crippen molar-refractivity contribution in [2.45, 2.75) is 6.42 Å². The summed E-state index contributed by atoms with van der Waals surface area (Å²) in [6.45, 7) is 0.297. The van der Waals surface area contributed by atoms with Crippen LogP contribution in [0.4, 0.5) is 17.6 Å². The molecule has 0 fully saturated rings. The lowest BCUT2D eigenvalue weighted by molar-refractivity contribution is 0.809. The fourth-order valence-corrected chi connectivity index (χ4v) is 3.34. The van der Waals surface area contributed by atoms with Gasteiger partial charge < -0.3 is 16.8 Å². The van der Waals surface area contributed by atoms with E-state index in [1.807, 2.05) is 30.3 Å². The molecule has 0 unspecified atom stereocenters. The van der Waals surface area contributed by atoms with Crippen LogP contribution in [0.2, 0.25) is 0 Å². The van der Waals surface area contributed by atoms with E-state index in [4.69, 9.17) is 11.5 Å². The maximum Gasteiger partial charge on any atom is 0.266 e. The largest absolute Gasteiger partial charge is 0.382 e. The van der Waals surface area contributed by atoms with E-state index in [9.17, 15) is 15.3 Å². The van der Waals surface area contributed by atoms with E-state index in [1.165, 1.54) is 10.6 Å². The molecule has 0 aliphatic rings. The van der Waals surface area contributed by atoms with Gasteiger partial charge in [0, 0.05) is 13.0 Å². The van der Waals surface area contributed by atoms with Crippen molar-refractivity contribution in [1.82, 2.24) is 19.5 Å². The lowest BCUT2D eigenvalue weighted by Crippen LogP contribution is -2.25. The molecule has 0 spiro atoms. The summed E-state index contributed by atoms with van der Waals surface area (Å²) >= 11 is 0. The van der Waals surface area contributed by atoms with Gasteiger partial charge in [0.15, 0.2) is 5.82 Å². The van der Waals surface area contributed by atoms with Crippen LogP contribution in [0.1, 0.15) is 17.0 Å². The SMILES string of the molecule is N#Cc1ccc2nc(CCNc3nc(N)nc(N)c3C#N)n(-c3ccccc3)c(=O)c2c1. The third-order valence-electron chi connectivity index (χ3n) is 4.79. The van der Waals surface area contributed by atoms with Crippen LogP contribution < -0.4 is 22.3 Å². The van der Waals surface area contributed by atoms with Gasteiger partial charge in [-0.05, 0) is 30.3 Å². The summed E-state index contributed by atoms with van der Waals surface area (Å²) < 4.78 is 1.51. The van der Waals surface area contributed by atoms with Crippen molar-refractivity contribution in [2.75, 3.05) is 23.3 Å². The maximum atomic E-state index is 13.3. The fraction of sp³-hybridized carbons (Fsp3) is 0.0909. The highest BCUT2D eigenvalue weighted by Crippen LogP contribution is 2.19. The van der Waals surface area contributed by atoms with E-state index >= 15 is 0 Å². The molecule has 2 heterocycles. The van der Waals surface area contributed by atoms with Crippen LogP contribution in [-0.4, -0.2) is 26.1 Å². The fourth-order valence-electron chi connectivity index (χ4n) is 3.34. The van der Waals surface area contributed by atoms with Gasteiger partial charge >= 0.3 is 0 Å². The summed E-state index contributed by atoms with van der Waals surface area (Å²) in [5.74, 6) is 0.646. The number of nitrogens with two attached hydrogens (primary N) is 2. The van der Waals surface area contributed by atoms with Gasteiger partial charge in [-0.15, -0.1) is 0 Å². The van der Waals surface area contributed by atoms with Crippen molar-refractivity contribution in [3.8, 4) is 17.8 Å². The molecule has 2 aromatic heterocycles. The Hall–Kier alpha value is -4.96. The highest BCUT2D eigenvalue weighted by atomic mass is 16.1. The topological polar surface area (TPSA) is 172 Å². The van der Waals surface area contributed by atoms with Gasteiger partial charge in [0.1, 0.15) is 23.3 Å². The predicted octanol–water partition coefficient (Wildman–Crippen LogP) is 1.74. The molecule has 0 bridgehead atoms. The van der Waals surface area contributed by atoms with E-state index in [0.29, 0.717) is 40.9 Å². The molecule has 0 amide bonds. The average molecular weight is 423 g/mol. The van der Waals surface area contributed by atoms with Crippen LogP contribution in [0.3, 0.4) is 0 Å². The molecule has 156 valence electrons. The van der Waals surface area contributed by atoms with Crippen molar-refractivity contribution < 1.29 is 0 Å². The van der Waals surface area contributed by atoms with Crippen molar-refractivity contribution in [1.29, 1.82) is 10.5 Å². The number of anilines is 3. The molecular weight excluding hydrogens is 406 g/mol. The van der Waals surface area contributed by atoms with Gasteiger partial charge in [-0.3, -0.25) is 9.36 Å². The van der Waals surface area contributed by atoms with E-state index < -0.39 is 0 Å². The zero-order chi connectivity index (χ0) is 22.7. The van der Waals surface area contributed by atoms with Crippen molar-refractivity contribution in [3.05, 3.63) is 75.8 Å². The summed E-state index contributed by atoms with van der Waals surface area (Å²) in [5, 5.41) is 21.9. The van der Waals surface area contributed by atoms with Crippen LogP contribution in [0.5, 0.6) is 0 Å². The number of benzene rings is 2. The Bertz CT molecular complexity index is 1460. The standard InChI is InChI=1S/C22H17N9O/c23-11-13-6-7-17-15(10-13)21(32)31(14-4-2-1-3-5-14)18(28-17)8-9-27-20-16(12-24)19(25)29-22(26)30-20/h1-7,10H,8-9H2,(H5,25,26,27,29,30). The van der Waals surface area contributed by atoms with E-state index in [0.717, 1.165) is 0 Å². The molecule has 0 atom stereocenters. The van der Waals surface area contributed by atoms with Crippen LogP contribution in [0, 0.1) is 22.7 Å². The second-order valence-electron chi connectivity index (χ2n) is 6.83. The van der Waals surface area contributed by atoms with E-state index in [1.54, 1.807) is 24.3 Å². The molecule has 10 nitrogen and oxygen atoms in total. The number of aromatic nitrogens is 4. The monoisotopic (exact) mass is 423 g/mol. The summed E-state index contributed by atoms with van der Waals surface area (Å²) in [4.78, 5) is 25.8. The predicted molar refractivity (Wildman–Crippen MR) is 120 cm³/mol. The minimum Gasteiger partial charge on any atom is -0.382 e. The Morgan fingerprint density at radius 1 is 1.00 bits per heavy atom. The quantitative estimate of drug-likeness (QED) is 0.432. The smallest absolute Gasteiger partial charge is 0.266 e. The lowest BCUT2D eigenvalue weighted by Gasteiger charge is -2.15. The molecule has 4 aromatic rings. The average Bonchev–Trinajstić information content (AvgIpc) is 2.79. The molecule has 2 aromatic carbocycles. The van der Waals surface area contributed by atoms with Crippen molar-refractivity contribution >= 4 is 28.5 Å². The minimum absolute atomic E-state index is 0.0131. The number of para-hydroxylation sites is 1. The van der Waals surface area contributed by atoms with Gasteiger partial charge in [-0.1, -0.05) is 18.2 Å². The van der Waals surface area contributed by atoms with Crippen LogP contribution in [0.15, 0.2) is 53.3 Å². The van der Waals surface area contributed by atoms with Crippen molar-refractivity contribution in [3.63, 3.8) is 0 Å². The molecule has 5 N–H and O–H groups in total. The Labute approximate surface area is 182 Å². The van der Waals surface area contributed by atoms with Crippen LogP contribution >= 0.6 is 0 Å². The molecule has 0 saturated heterocycles. The highest BCUT2D eigenvalue weighted by Gasteiger charge is 2.15. The molecule has 10 heteroatoms. The first-order valence-electron chi connectivity index (χ1n) is 9.60. The summed E-state index contributed by atoms with van der Waals surface area (Å²) in [5.41, 5.74) is 12.7. The van der Waals surface area contributed by atoms with E-state index in [2.05, 4.69) is 20.3 Å². The molecule has 0 aliphatic heterocycles. The number of hydrogen-bond donors (Lipinski definition) is 3. The Kier molecular flexibility index (Phi) is 5.35. The number of nitrogens with one attached hydrogen (secondary N) is 1. The maximum absolute atomic E-state index is 13.3. The molecule has 0 aliphatic carbocycles. The van der Waals surface area contributed by atoms with Gasteiger partial charge in [-0.2, -0.15) is 20.5 Å². The normalized spacial score (nSPS) is 10.4. The lowest BCUT2D eigenvalue weighted by atomic mass is 10.1. The van der Waals surface area contributed by atoms with Gasteiger partial charge in [0.25, 0.3) is 5.56 Å².